The molecule has 1 amide bonds. The van der Waals surface area contributed by atoms with E-state index < -0.39 is 0 Å². The van der Waals surface area contributed by atoms with Crippen molar-refractivity contribution in [1.82, 2.24) is 10.3 Å². The molecule has 3 aromatic rings. The molecule has 0 unspecified atom stereocenters. The lowest BCUT2D eigenvalue weighted by atomic mass is 10.1. The molecule has 1 heterocycles. The summed E-state index contributed by atoms with van der Waals surface area (Å²) in [4.78, 5) is 16.5. The van der Waals surface area contributed by atoms with Gasteiger partial charge in [-0.1, -0.05) is 48.5 Å². The molecule has 0 fully saturated rings. The van der Waals surface area contributed by atoms with E-state index in [1.54, 1.807) is 19.4 Å². The number of carbonyl (C=O) groups is 1. The highest BCUT2D eigenvalue weighted by molar-refractivity contribution is 5.92. The standard InChI is InChI=1S/C23H25N3O2/c1-28-22-10-6-5-9-19(22)14-16-24-20-11-12-21(26-17-20)23(27)25-15-13-18-7-3-2-4-8-18/h2-12,17,24H,13-16H2,1H3,(H,25,27). The highest BCUT2D eigenvalue weighted by Gasteiger charge is 2.07. The molecule has 5 heteroatoms. The number of hydrogen-bond acceptors (Lipinski definition) is 4. The zero-order valence-electron chi connectivity index (χ0n) is 16.0. The van der Waals surface area contributed by atoms with E-state index >= 15 is 0 Å². The van der Waals surface area contributed by atoms with Gasteiger partial charge in [-0.15, -0.1) is 0 Å². The summed E-state index contributed by atoms with van der Waals surface area (Å²) in [6.07, 6.45) is 3.33. The van der Waals surface area contributed by atoms with Crippen LogP contribution in [-0.2, 0) is 12.8 Å². The Labute approximate surface area is 165 Å². The molecule has 0 aliphatic carbocycles. The fraction of sp³-hybridized carbons (Fsp3) is 0.217. The molecule has 2 N–H and O–H groups in total. The third kappa shape index (κ3) is 5.58. The Hall–Kier alpha value is -3.34. The average molecular weight is 375 g/mol. The van der Waals surface area contributed by atoms with Crippen LogP contribution in [0.4, 0.5) is 5.69 Å². The number of aromatic nitrogens is 1. The maximum Gasteiger partial charge on any atom is 0.269 e. The fourth-order valence-corrected chi connectivity index (χ4v) is 2.94. The first-order valence-electron chi connectivity index (χ1n) is 9.40. The molecule has 28 heavy (non-hydrogen) atoms. The van der Waals surface area contributed by atoms with Gasteiger partial charge in [0.05, 0.1) is 19.0 Å². The van der Waals surface area contributed by atoms with E-state index in [0.29, 0.717) is 12.2 Å². The fourth-order valence-electron chi connectivity index (χ4n) is 2.94. The van der Waals surface area contributed by atoms with Crippen molar-refractivity contribution < 1.29 is 9.53 Å². The number of nitrogens with one attached hydrogen (secondary N) is 2. The number of hydrogen-bond donors (Lipinski definition) is 2. The average Bonchev–Trinajstić information content (AvgIpc) is 2.75. The molecular formula is C23H25N3O2. The molecule has 3 rings (SSSR count). The number of carbonyl (C=O) groups excluding carboxylic acids is 1. The Bertz CT molecular complexity index is 880. The van der Waals surface area contributed by atoms with Crippen molar-refractivity contribution in [3.63, 3.8) is 0 Å². The molecule has 0 atom stereocenters. The second-order valence-corrected chi connectivity index (χ2v) is 6.41. The number of methoxy groups -OCH3 is 1. The molecule has 2 aromatic carbocycles. The van der Waals surface area contributed by atoms with Crippen molar-refractivity contribution >= 4 is 11.6 Å². The van der Waals surface area contributed by atoms with Crippen LogP contribution in [0.2, 0.25) is 0 Å². The van der Waals surface area contributed by atoms with Crippen molar-refractivity contribution in [2.75, 3.05) is 25.5 Å². The summed E-state index contributed by atoms with van der Waals surface area (Å²) in [6.45, 7) is 1.34. The minimum absolute atomic E-state index is 0.156. The first kappa shape index (κ1) is 19.4. The monoisotopic (exact) mass is 375 g/mol. The van der Waals surface area contributed by atoms with Crippen LogP contribution in [0, 0.1) is 0 Å². The molecule has 0 aliphatic heterocycles. The Morgan fingerprint density at radius 3 is 2.46 bits per heavy atom. The first-order chi connectivity index (χ1) is 13.8. The van der Waals surface area contributed by atoms with Crippen molar-refractivity contribution in [2.24, 2.45) is 0 Å². The number of benzene rings is 2. The van der Waals surface area contributed by atoms with Crippen LogP contribution in [0.3, 0.4) is 0 Å². The summed E-state index contributed by atoms with van der Waals surface area (Å²) in [6, 6.07) is 21.7. The summed E-state index contributed by atoms with van der Waals surface area (Å²) >= 11 is 0. The summed E-state index contributed by atoms with van der Waals surface area (Å²) in [5.74, 6) is 0.737. The third-order valence-corrected chi connectivity index (χ3v) is 4.45. The molecular weight excluding hydrogens is 350 g/mol. The van der Waals surface area contributed by atoms with E-state index in [2.05, 4.69) is 33.8 Å². The van der Waals surface area contributed by atoms with E-state index in [-0.39, 0.29) is 5.91 Å². The predicted molar refractivity (Wildman–Crippen MR) is 112 cm³/mol. The van der Waals surface area contributed by atoms with Gasteiger partial charge in [-0.2, -0.15) is 0 Å². The molecule has 1 aromatic heterocycles. The second-order valence-electron chi connectivity index (χ2n) is 6.41. The van der Waals surface area contributed by atoms with Crippen LogP contribution in [0.25, 0.3) is 0 Å². The Morgan fingerprint density at radius 2 is 1.71 bits per heavy atom. The van der Waals surface area contributed by atoms with Crippen LogP contribution in [0.1, 0.15) is 21.6 Å². The SMILES string of the molecule is COc1ccccc1CCNc1ccc(C(=O)NCCc2ccccc2)nc1. The van der Waals surface area contributed by atoms with E-state index in [9.17, 15) is 4.79 Å². The lowest BCUT2D eigenvalue weighted by Crippen LogP contribution is -2.26. The van der Waals surface area contributed by atoms with Crippen LogP contribution in [0.15, 0.2) is 72.9 Å². The maximum absolute atomic E-state index is 12.2. The first-order valence-corrected chi connectivity index (χ1v) is 9.40. The van der Waals surface area contributed by atoms with Crippen molar-refractivity contribution in [3.05, 3.63) is 89.7 Å². The van der Waals surface area contributed by atoms with Crippen molar-refractivity contribution in [1.29, 1.82) is 0 Å². The van der Waals surface area contributed by atoms with Gasteiger partial charge < -0.3 is 15.4 Å². The molecule has 0 aliphatic rings. The number of pyridine rings is 1. The molecule has 144 valence electrons. The van der Waals surface area contributed by atoms with Crippen LogP contribution in [-0.4, -0.2) is 31.1 Å². The quantitative estimate of drug-likeness (QED) is 0.598. The number of para-hydroxylation sites is 1. The zero-order chi connectivity index (χ0) is 19.6. The number of amides is 1. The third-order valence-electron chi connectivity index (χ3n) is 4.45. The maximum atomic E-state index is 12.2. The van der Waals surface area contributed by atoms with Crippen LogP contribution in [0.5, 0.6) is 5.75 Å². The van der Waals surface area contributed by atoms with E-state index in [1.165, 1.54) is 5.56 Å². The smallest absolute Gasteiger partial charge is 0.269 e. The molecule has 5 nitrogen and oxygen atoms in total. The summed E-state index contributed by atoms with van der Waals surface area (Å²) in [7, 11) is 1.68. The molecule has 0 saturated heterocycles. The second kappa shape index (κ2) is 10.1. The van der Waals surface area contributed by atoms with Gasteiger partial charge in [0.1, 0.15) is 11.4 Å². The predicted octanol–water partition coefficient (Wildman–Crippen LogP) is 3.72. The van der Waals surface area contributed by atoms with E-state index in [0.717, 1.165) is 36.4 Å². The summed E-state index contributed by atoms with van der Waals surface area (Å²) in [5.41, 5.74) is 3.66. The highest BCUT2D eigenvalue weighted by Crippen LogP contribution is 2.18. The van der Waals surface area contributed by atoms with Gasteiger partial charge in [-0.25, -0.2) is 4.98 Å². The normalized spacial score (nSPS) is 10.3. The minimum Gasteiger partial charge on any atom is -0.496 e. The van der Waals surface area contributed by atoms with E-state index in [1.807, 2.05) is 42.5 Å². The van der Waals surface area contributed by atoms with Gasteiger partial charge in [0, 0.05) is 13.1 Å². The Balaban J connectivity index is 1.44. The minimum atomic E-state index is -0.156. The van der Waals surface area contributed by atoms with Crippen LogP contribution >= 0.6 is 0 Å². The van der Waals surface area contributed by atoms with Crippen LogP contribution < -0.4 is 15.4 Å². The topological polar surface area (TPSA) is 63.2 Å². The number of ether oxygens (including phenoxy) is 1. The number of nitrogens with zero attached hydrogens (tertiary/aromatic N) is 1. The van der Waals surface area contributed by atoms with Gasteiger partial charge >= 0.3 is 0 Å². The molecule has 0 saturated carbocycles. The lowest BCUT2D eigenvalue weighted by molar-refractivity contribution is 0.0949. The summed E-state index contributed by atoms with van der Waals surface area (Å²) in [5, 5.41) is 6.23. The Morgan fingerprint density at radius 1 is 0.929 bits per heavy atom. The van der Waals surface area contributed by atoms with Gasteiger partial charge in [0.15, 0.2) is 0 Å². The molecule has 0 spiro atoms. The largest absolute Gasteiger partial charge is 0.496 e. The number of rotatable bonds is 9. The van der Waals surface area contributed by atoms with Gasteiger partial charge in [0.2, 0.25) is 0 Å². The number of anilines is 1. The van der Waals surface area contributed by atoms with Crippen molar-refractivity contribution in [3.8, 4) is 5.75 Å². The van der Waals surface area contributed by atoms with Crippen molar-refractivity contribution in [2.45, 2.75) is 12.8 Å². The summed E-state index contributed by atoms with van der Waals surface area (Å²) < 4.78 is 5.37. The Kier molecular flexibility index (Phi) is 7.01. The molecule has 0 bridgehead atoms. The van der Waals surface area contributed by atoms with Gasteiger partial charge in [0.25, 0.3) is 5.91 Å². The zero-order valence-corrected chi connectivity index (χ0v) is 16.0. The van der Waals surface area contributed by atoms with E-state index in [4.69, 9.17) is 4.74 Å². The van der Waals surface area contributed by atoms with Gasteiger partial charge in [-0.3, -0.25) is 4.79 Å². The van der Waals surface area contributed by atoms with Gasteiger partial charge in [-0.05, 0) is 42.2 Å². The lowest BCUT2D eigenvalue weighted by Gasteiger charge is -2.10. The molecule has 0 radical (unpaired) electrons. The highest BCUT2D eigenvalue weighted by atomic mass is 16.5.